The number of amides is 1. The molecule has 1 aromatic rings. The fourth-order valence-electron chi connectivity index (χ4n) is 1.20. The van der Waals surface area contributed by atoms with Gasteiger partial charge in [0.1, 0.15) is 5.60 Å². The summed E-state index contributed by atoms with van der Waals surface area (Å²) < 4.78 is 5.04. The molecule has 0 saturated heterocycles. The monoisotopic (exact) mass is 279 g/mol. The van der Waals surface area contributed by atoms with Crippen molar-refractivity contribution in [3.63, 3.8) is 0 Å². The maximum Gasteiger partial charge on any atom is 0.407 e. The normalized spacial score (nSPS) is 10.3. The number of aromatic nitrogens is 2. The molecular formula is C13H17N3O4. The molecule has 20 heavy (non-hydrogen) atoms. The summed E-state index contributed by atoms with van der Waals surface area (Å²) in [5.41, 5.74) is -1.15. The van der Waals surface area contributed by atoms with Crippen molar-refractivity contribution < 1.29 is 14.6 Å². The third-order valence-corrected chi connectivity index (χ3v) is 1.96. The van der Waals surface area contributed by atoms with Crippen LogP contribution in [0.3, 0.4) is 0 Å². The molecule has 1 rings (SSSR count). The van der Waals surface area contributed by atoms with E-state index in [1.165, 1.54) is 0 Å². The van der Waals surface area contributed by atoms with Crippen LogP contribution in [0.1, 0.15) is 32.8 Å². The van der Waals surface area contributed by atoms with Gasteiger partial charge in [0.15, 0.2) is 5.56 Å². The van der Waals surface area contributed by atoms with Crippen molar-refractivity contribution in [2.24, 2.45) is 0 Å². The second-order valence-electron chi connectivity index (χ2n) is 4.91. The van der Waals surface area contributed by atoms with E-state index in [0.717, 1.165) is 6.33 Å². The van der Waals surface area contributed by atoms with Crippen LogP contribution in [-0.4, -0.2) is 33.3 Å². The summed E-state index contributed by atoms with van der Waals surface area (Å²) in [6.07, 6.45) is 0.876. The lowest BCUT2D eigenvalue weighted by Gasteiger charge is -2.19. The summed E-state index contributed by atoms with van der Waals surface area (Å²) in [6.45, 7) is 5.58. The Kier molecular flexibility index (Phi) is 5.15. The van der Waals surface area contributed by atoms with Gasteiger partial charge in [0.2, 0.25) is 5.88 Å². The molecule has 0 bridgehead atoms. The molecule has 108 valence electrons. The third kappa shape index (κ3) is 5.44. The second kappa shape index (κ2) is 6.61. The standard InChI is InChI=1S/C13H17N3O4/c1-13(2,3)20-12(19)14-7-5-4-6-9-10(17)15-8-16-11(9)18/h8H,5,7H2,1-3H3,(H,14,19)(H2,15,16,17,18). The molecule has 1 amide bonds. The minimum absolute atomic E-state index is 0.0928. The number of nitrogens with one attached hydrogen (secondary N) is 2. The van der Waals surface area contributed by atoms with E-state index in [4.69, 9.17) is 4.74 Å². The molecule has 0 aliphatic carbocycles. The van der Waals surface area contributed by atoms with Gasteiger partial charge >= 0.3 is 6.09 Å². The largest absolute Gasteiger partial charge is 0.492 e. The van der Waals surface area contributed by atoms with Crippen LogP contribution in [0.5, 0.6) is 5.88 Å². The van der Waals surface area contributed by atoms with E-state index in [1.807, 2.05) is 0 Å². The average Bonchev–Trinajstić information content (AvgIpc) is 2.29. The van der Waals surface area contributed by atoms with E-state index >= 15 is 0 Å². The Balaban J connectivity index is 2.45. The molecule has 1 heterocycles. The molecule has 7 nitrogen and oxygen atoms in total. The molecule has 0 fully saturated rings. The molecular weight excluding hydrogens is 262 g/mol. The molecule has 3 N–H and O–H groups in total. The number of carbonyl (C=O) groups is 1. The fourth-order valence-corrected chi connectivity index (χ4v) is 1.20. The highest BCUT2D eigenvalue weighted by Crippen LogP contribution is 2.06. The van der Waals surface area contributed by atoms with E-state index < -0.39 is 23.1 Å². The van der Waals surface area contributed by atoms with Crippen LogP contribution in [0.25, 0.3) is 0 Å². The molecule has 0 spiro atoms. The quantitative estimate of drug-likeness (QED) is 0.547. The van der Waals surface area contributed by atoms with Crippen molar-refractivity contribution in [3.05, 3.63) is 22.2 Å². The molecule has 0 aromatic carbocycles. The topological polar surface area (TPSA) is 104 Å². The van der Waals surface area contributed by atoms with Crippen LogP contribution in [0.2, 0.25) is 0 Å². The zero-order valence-electron chi connectivity index (χ0n) is 11.6. The van der Waals surface area contributed by atoms with Gasteiger partial charge in [-0.1, -0.05) is 11.8 Å². The molecule has 0 aliphatic rings. The number of aromatic amines is 1. The number of alkyl carbamates (subject to hydrolysis) is 1. The highest BCUT2D eigenvalue weighted by molar-refractivity contribution is 5.67. The zero-order chi connectivity index (χ0) is 15.2. The molecule has 0 saturated carbocycles. The first kappa shape index (κ1) is 15.6. The Morgan fingerprint density at radius 1 is 1.55 bits per heavy atom. The van der Waals surface area contributed by atoms with Gasteiger partial charge in [-0.2, -0.15) is 0 Å². The minimum Gasteiger partial charge on any atom is -0.492 e. The van der Waals surface area contributed by atoms with Gasteiger partial charge in [0, 0.05) is 13.0 Å². The lowest BCUT2D eigenvalue weighted by atomic mass is 10.2. The predicted molar refractivity (Wildman–Crippen MR) is 72.3 cm³/mol. The summed E-state index contributed by atoms with van der Waals surface area (Å²) in [6, 6.07) is 0. The number of carbonyl (C=O) groups excluding carboxylic acids is 1. The van der Waals surface area contributed by atoms with Crippen LogP contribution >= 0.6 is 0 Å². The van der Waals surface area contributed by atoms with Crippen molar-refractivity contribution in [3.8, 4) is 17.7 Å². The van der Waals surface area contributed by atoms with E-state index in [1.54, 1.807) is 20.8 Å². The third-order valence-electron chi connectivity index (χ3n) is 1.96. The molecule has 1 aromatic heterocycles. The maximum absolute atomic E-state index is 11.3. The molecule has 0 atom stereocenters. The van der Waals surface area contributed by atoms with Crippen LogP contribution in [0.15, 0.2) is 11.1 Å². The number of aromatic hydroxyl groups is 1. The number of hydrogen-bond donors (Lipinski definition) is 3. The minimum atomic E-state index is -0.551. The first-order valence-electron chi connectivity index (χ1n) is 6.02. The molecule has 0 radical (unpaired) electrons. The smallest absolute Gasteiger partial charge is 0.407 e. The summed E-state index contributed by atoms with van der Waals surface area (Å²) in [5.74, 6) is 4.75. The SMILES string of the molecule is CC(C)(C)OC(=O)NCCC#Cc1c(O)nc[nH]c1=O. The van der Waals surface area contributed by atoms with Crippen molar-refractivity contribution in [1.82, 2.24) is 15.3 Å². The summed E-state index contributed by atoms with van der Waals surface area (Å²) in [4.78, 5) is 28.5. The van der Waals surface area contributed by atoms with Crippen molar-refractivity contribution in [2.45, 2.75) is 32.8 Å². The molecule has 7 heteroatoms. The summed E-state index contributed by atoms with van der Waals surface area (Å²) >= 11 is 0. The van der Waals surface area contributed by atoms with Gasteiger partial charge in [-0.05, 0) is 20.8 Å². The van der Waals surface area contributed by atoms with Crippen LogP contribution < -0.4 is 10.9 Å². The first-order chi connectivity index (χ1) is 9.29. The van der Waals surface area contributed by atoms with Crippen LogP contribution in [0, 0.1) is 11.8 Å². The molecule has 0 aliphatic heterocycles. The van der Waals surface area contributed by atoms with Gasteiger partial charge < -0.3 is 20.1 Å². The Hall–Kier alpha value is -2.49. The fraction of sp³-hybridized carbons (Fsp3) is 0.462. The number of ether oxygens (including phenoxy) is 1. The number of hydrogen-bond acceptors (Lipinski definition) is 5. The van der Waals surface area contributed by atoms with Gasteiger partial charge in [-0.3, -0.25) is 4.79 Å². The van der Waals surface area contributed by atoms with Crippen molar-refractivity contribution >= 4 is 6.09 Å². The second-order valence-corrected chi connectivity index (χ2v) is 4.91. The Morgan fingerprint density at radius 3 is 2.85 bits per heavy atom. The first-order valence-corrected chi connectivity index (χ1v) is 6.02. The van der Waals surface area contributed by atoms with Crippen LogP contribution in [-0.2, 0) is 4.74 Å². The van der Waals surface area contributed by atoms with E-state index in [9.17, 15) is 14.7 Å². The van der Waals surface area contributed by atoms with Crippen LogP contribution in [0.4, 0.5) is 4.79 Å². The van der Waals surface area contributed by atoms with E-state index in [0.29, 0.717) is 6.42 Å². The summed E-state index contributed by atoms with van der Waals surface area (Å²) in [5, 5.41) is 11.9. The summed E-state index contributed by atoms with van der Waals surface area (Å²) in [7, 11) is 0. The maximum atomic E-state index is 11.3. The highest BCUT2D eigenvalue weighted by atomic mass is 16.6. The number of rotatable bonds is 2. The number of nitrogens with zero attached hydrogens (tertiary/aromatic N) is 1. The molecule has 0 unspecified atom stereocenters. The Labute approximate surface area is 116 Å². The average molecular weight is 279 g/mol. The predicted octanol–water partition coefficient (Wildman–Crippen LogP) is 0.742. The van der Waals surface area contributed by atoms with E-state index in [2.05, 4.69) is 27.1 Å². The van der Waals surface area contributed by atoms with Gasteiger partial charge in [-0.15, -0.1) is 0 Å². The zero-order valence-corrected chi connectivity index (χ0v) is 11.6. The van der Waals surface area contributed by atoms with Gasteiger partial charge in [0.05, 0.1) is 6.33 Å². The van der Waals surface area contributed by atoms with Gasteiger partial charge in [-0.25, -0.2) is 9.78 Å². The van der Waals surface area contributed by atoms with E-state index in [-0.39, 0.29) is 12.1 Å². The number of H-pyrrole nitrogens is 1. The Morgan fingerprint density at radius 2 is 2.25 bits per heavy atom. The highest BCUT2D eigenvalue weighted by Gasteiger charge is 2.15. The van der Waals surface area contributed by atoms with Crippen molar-refractivity contribution in [2.75, 3.05) is 6.54 Å². The Bertz CT molecular complexity index is 590. The lowest BCUT2D eigenvalue weighted by Crippen LogP contribution is -2.32. The van der Waals surface area contributed by atoms with Gasteiger partial charge in [0.25, 0.3) is 5.56 Å². The van der Waals surface area contributed by atoms with Crippen molar-refractivity contribution in [1.29, 1.82) is 0 Å². The lowest BCUT2D eigenvalue weighted by molar-refractivity contribution is 0.0529.